The smallest absolute Gasteiger partial charge is 0.107 e. The van der Waals surface area contributed by atoms with Gasteiger partial charge in [0.15, 0.2) is 0 Å². The highest BCUT2D eigenvalue weighted by atomic mass is 16.6. The summed E-state index contributed by atoms with van der Waals surface area (Å²) in [5.74, 6) is 0. The Morgan fingerprint density at radius 2 is 2.18 bits per heavy atom. The fourth-order valence-electron chi connectivity index (χ4n) is 1.48. The van der Waals surface area contributed by atoms with Crippen LogP contribution in [0.5, 0.6) is 0 Å². The van der Waals surface area contributed by atoms with Crippen molar-refractivity contribution in [1.29, 1.82) is 0 Å². The summed E-state index contributed by atoms with van der Waals surface area (Å²) < 4.78 is 15.8. The fraction of sp³-hybridized carbons (Fsp3) is 1.00. The van der Waals surface area contributed by atoms with Crippen LogP contribution in [0.4, 0.5) is 0 Å². The van der Waals surface area contributed by atoms with E-state index in [1.165, 1.54) is 0 Å². The van der Waals surface area contributed by atoms with Crippen LogP contribution in [0.15, 0.2) is 0 Å². The maximum absolute atomic E-state index is 5.56. The standard InChI is InChI=1S/C8H16O3/c1-6-4-7(10-3)8(11-6)5-9-2/h6-8H,4-5H2,1-3H3. The normalized spacial score (nSPS) is 37.9. The minimum Gasteiger partial charge on any atom is -0.382 e. The van der Waals surface area contributed by atoms with Crippen LogP contribution in [0.25, 0.3) is 0 Å². The third kappa shape index (κ3) is 2.15. The molecule has 1 aliphatic rings. The average molecular weight is 160 g/mol. The molecule has 0 N–H and O–H groups in total. The van der Waals surface area contributed by atoms with Crippen LogP contribution in [0, 0.1) is 0 Å². The highest BCUT2D eigenvalue weighted by Gasteiger charge is 2.32. The lowest BCUT2D eigenvalue weighted by Crippen LogP contribution is -2.27. The maximum atomic E-state index is 5.56. The Bertz CT molecular complexity index is 116. The van der Waals surface area contributed by atoms with Crippen molar-refractivity contribution in [2.45, 2.75) is 31.7 Å². The summed E-state index contributed by atoms with van der Waals surface area (Å²) in [6.45, 7) is 2.69. The van der Waals surface area contributed by atoms with Gasteiger partial charge in [0.05, 0.1) is 18.8 Å². The summed E-state index contributed by atoms with van der Waals surface area (Å²) in [7, 11) is 3.40. The Morgan fingerprint density at radius 1 is 1.45 bits per heavy atom. The van der Waals surface area contributed by atoms with E-state index in [0.717, 1.165) is 6.42 Å². The van der Waals surface area contributed by atoms with E-state index in [9.17, 15) is 0 Å². The highest BCUT2D eigenvalue weighted by molar-refractivity contribution is 4.80. The third-order valence-corrected chi connectivity index (χ3v) is 2.02. The number of ether oxygens (including phenoxy) is 3. The van der Waals surface area contributed by atoms with Gasteiger partial charge in [-0.2, -0.15) is 0 Å². The molecule has 3 unspecified atom stereocenters. The van der Waals surface area contributed by atoms with E-state index in [1.54, 1.807) is 14.2 Å². The third-order valence-electron chi connectivity index (χ3n) is 2.02. The molecule has 66 valence electrons. The molecule has 0 amide bonds. The Hall–Kier alpha value is -0.120. The first-order valence-electron chi connectivity index (χ1n) is 3.95. The zero-order valence-electron chi connectivity index (χ0n) is 7.37. The molecule has 3 atom stereocenters. The summed E-state index contributed by atoms with van der Waals surface area (Å²) >= 11 is 0. The topological polar surface area (TPSA) is 27.7 Å². The Labute approximate surface area is 67.6 Å². The maximum Gasteiger partial charge on any atom is 0.107 e. The molecule has 0 bridgehead atoms. The van der Waals surface area contributed by atoms with Crippen LogP contribution in [-0.2, 0) is 14.2 Å². The second-order valence-electron chi connectivity index (χ2n) is 2.95. The molecule has 1 heterocycles. The SMILES string of the molecule is COCC1OC(C)CC1OC. The predicted octanol–water partition coefficient (Wildman–Crippen LogP) is 0.825. The van der Waals surface area contributed by atoms with Crippen molar-refractivity contribution in [3.63, 3.8) is 0 Å². The van der Waals surface area contributed by atoms with Crippen LogP contribution < -0.4 is 0 Å². The second kappa shape index (κ2) is 4.04. The first-order valence-corrected chi connectivity index (χ1v) is 3.95. The molecule has 0 aromatic carbocycles. The molecule has 0 radical (unpaired) electrons. The summed E-state index contributed by atoms with van der Waals surface area (Å²) in [5.41, 5.74) is 0. The van der Waals surface area contributed by atoms with E-state index in [2.05, 4.69) is 6.92 Å². The van der Waals surface area contributed by atoms with Gasteiger partial charge < -0.3 is 14.2 Å². The lowest BCUT2D eigenvalue weighted by Gasteiger charge is -2.15. The van der Waals surface area contributed by atoms with Gasteiger partial charge in [0.25, 0.3) is 0 Å². The van der Waals surface area contributed by atoms with E-state index >= 15 is 0 Å². The van der Waals surface area contributed by atoms with Crippen molar-refractivity contribution in [1.82, 2.24) is 0 Å². The number of hydrogen-bond donors (Lipinski definition) is 0. The molecule has 0 saturated carbocycles. The summed E-state index contributed by atoms with van der Waals surface area (Å²) in [4.78, 5) is 0. The van der Waals surface area contributed by atoms with Gasteiger partial charge >= 0.3 is 0 Å². The van der Waals surface area contributed by atoms with Crippen LogP contribution in [0.1, 0.15) is 13.3 Å². The van der Waals surface area contributed by atoms with Crippen molar-refractivity contribution >= 4 is 0 Å². The number of methoxy groups -OCH3 is 2. The molecule has 1 aliphatic heterocycles. The second-order valence-corrected chi connectivity index (χ2v) is 2.95. The number of rotatable bonds is 3. The first kappa shape index (κ1) is 8.97. The minimum absolute atomic E-state index is 0.125. The molecule has 3 heteroatoms. The summed E-state index contributed by atoms with van der Waals surface area (Å²) in [6.07, 6.45) is 1.62. The Balaban J connectivity index is 2.37. The lowest BCUT2D eigenvalue weighted by atomic mass is 10.1. The van der Waals surface area contributed by atoms with E-state index in [4.69, 9.17) is 14.2 Å². The van der Waals surface area contributed by atoms with Gasteiger partial charge in [-0.1, -0.05) is 0 Å². The molecular weight excluding hydrogens is 144 g/mol. The largest absolute Gasteiger partial charge is 0.382 e. The molecule has 0 aliphatic carbocycles. The van der Waals surface area contributed by atoms with E-state index in [0.29, 0.717) is 12.7 Å². The fourth-order valence-corrected chi connectivity index (χ4v) is 1.48. The molecule has 0 aromatic rings. The van der Waals surface area contributed by atoms with Gasteiger partial charge in [-0.05, 0) is 6.92 Å². The lowest BCUT2D eigenvalue weighted by molar-refractivity contribution is -0.0404. The van der Waals surface area contributed by atoms with Crippen LogP contribution in [0.3, 0.4) is 0 Å². The highest BCUT2D eigenvalue weighted by Crippen LogP contribution is 2.22. The summed E-state index contributed by atoms with van der Waals surface area (Å²) in [6, 6.07) is 0. The minimum atomic E-state index is 0.125. The average Bonchev–Trinajstić information content (AvgIpc) is 2.32. The van der Waals surface area contributed by atoms with Gasteiger partial charge in [-0.15, -0.1) is 0 Å². The van der Waals surface area contributed by atoms with Gasteiger partial charge in [0, 0.05) is 20.6 Å². The first-order chi connectivity index (χ1) is 5.27. The molecule has 1 fully saturated rings. The van der Waals surface area contributed by atoms with Crippen molar-refractivity contribution < 1.29 is 14.2 Å². The van der Waals surface area contributed by atoms with Gasteiger partial charge in [-0.25, -0.2) is 0 Å². The van der Waals surface area contributed by atoms with Crippen LogP contribution in [0.2, 0.25) is 0 Å². The van der Waals surface area contributed by atoms with E-state index in [1.807, 2.05) is 0 Å². The predicted molar refractivity (Wildman–Crippen MR) is 41.6 cm³/mol. The van der Waals surface area contributed by atoms with E-state index < -0.39 is 0 Å². The Morgan fingerprint density at radius 3 is 2.73 bits per heavy atom. The van der Waals surface area contributed by atoms with Gasteiger partial charge in [-0.3, -0.25) is 0 Å². The van der Waals surface area contributed by atoms with Crippen molar-refractivity contribution in [2.24, 2.45) is 0 Å². The molecule has 1 rings (SSSR count). The van der Waals surface area contributed by atoms with Crippen molar-refractivity contribution in [2.75, 3.05) is 20.8 Å². The van der Waals surface area contributed by atoms with Gasteiger partial charge in [0.2, 0.25) is 0 Å². The quantitative estimate of drug-likeness (QED) is 0.612. The monoisotopic (exact) mass is 160 g/mol. The van der Waals surface area contributed by atoms with Crippen LogP contribution in [-0.4, -0.2) is 39.1 Å². The zero-order valence-corrected chi connectivity index (χ0v) is 7.37. The van der Waals surface area contributed by atoms with Crippen molar-refractivity contribution in [3.8, 4) is 0 Å². The Kier molecular flexibility index (Phi) is 3.30. The zero-order chi connectivity index (χ0) is 8.27. The molecule has 11 heavy (non-hydrogen) atoms. The van der Waals surface area contributed by atoms with E-state index in [-0.39, 0.29) is 12.2 Å². The number of hydrogen-bond acceptors (Lipinski definition) is 3. The molecular formula is C8H16O3. The summed E-state index contributed by atoms with van der Waals surface area (Å²) in [5, 5.41) is 0. The molecule has 0 spiro atoms. The molecule has 1 saturated heterocycles. The van der Waals surface area contributed by atoms with Crippen LogP contribution >= 0.6 is 0 Å². The van der Waals surface area contributed by atoms with Crippen molar-refractivity contribution in [3.05, 3.63) is 0 Å². The molecule has 0 aromatic heterocycles. The van der Waals surface area contributed by atoms with Gasteiger partial charge in [0.1, 0.15) is 6.10 Å². The molecule has 3 nitrogen and oxygen atoms in total.